The Hall–Kier alpha value is -5.48. The first-order valence-electron chi connectivity index (χ1n) is 13.1. The van der Waals surface area contributed by atoms with Gasteiger partial charge in [0.15, 0.2) is 0 Å². The zero-order valence-electron chi connectivity index (χ0n) is 21.2. The quantitative estimate of drug-likeness (QED) is 0.170. The molecule has 0 saturated heterocycles. The molecule has 0 atom stereocenters. The molecule has 8 aromatic rings. The van der Waals surface area contributed by atoms with Crippen LogP contribution in [0.15, 0.2) is 140 Å². The van der Waals surface area contributed by atoms with Crippen LogP contribution in [0, 0.1) is 0 Å². The normalized spacial score (nSPS) is 11.7. The molecular weight excluding hydrogens is 496 g/mol. The molecule has 0 aliphatic carbocycles. The fourth-order valence-corrected chi connectivity index (χ4v) is 5.89. The lowest BCUT2D eigenvalue weighted by molar-refractivity contribution is 0.563. The molecule has 0 bridgehead atoms. The summed E-state index contributed by atoms with van der Waals surface area (Å²) in [5.41, 5.74) is 2.74. The Morgan fingerprint density at radius 3 is 1.20 bits per heavy atom. The van der Waals surface area contributed by atoms with Gasteiger partial charge < -0.3 is 8.83 Å². The van der Waals surface area contributed by atoms with Crippen molar-refractivity contribution in [1.29, 1.82) is 0 Å². The number of hydrogen-bond donors (Lipinski definition) is 0. The van der Waals surface area contributed by atoms with Crippen LogP contribution in [0.4, 0.5) is 0 Å². The summed E-state index contributed by atoms with van der Waals surface area (Å²) in [6.07, 6.45) is 0. The third-order valence-corrected chi connectivity index (χ3v) is 7.79. The van der Waals surface area contributed by atoms with Crippen LogP contribution >= 0.6 is 0 Å². The lowest BCUT2D eigenvalue weighted by atomic mass is 9.92. The third-order valence-electron chi connectivity index (χ3n) is 7.79. The van der Waals surface area contributed by atoms with Gasteiger partial charge in [0.2, 0.25) is 0 Å². The Balaban J connectivity index is 1.40. The third kappa shape index (κ3) is 3.33. The Kier molecular flexibility index (Phi) is 4.79. The van der Waals surface area contributed by atoms with Crippen LogP contribution in [-0.2, 0) is 0 Å². The maximum atomic E-state index is 13.3. The Labute approximate surface area is 227 Å². The summed E-state index contributed by atoms with van der Waals surface area (Å²) in [6.45, 7) is 0. The van der Waals surface area contributed by atoms with Gasteiger partial charge in [0.1, 0.15) is 11.2 Å². The first kappa shape index (κ1) is 22.5. The van der Waals surface area contributed by atoms with Gasteiger partial charge in [-0.1, -0.05) is 97.1 Å². The summed E-state index contributed by atoms with van der Waals surface area (Å²) < 4.78 is 11.6. The molecule has 0 aliphatic heterocycles. The van der Waals surface area contributed by atoms with Crippen molar-refractivity contribution in [3.63, 3.8) is 0 Å². The smallest absolute Gasteiger partial charge is 0.344 e. The molecule has 8 rings (SSSR count). The van der Waals surface area contributed by atoms with Crippen molar-refractivity contribution in [1.82, 2.24) is 0 Å². The van der Waals surface area contributed by atoms with Gasteiger partial charge in [0, 0.05) is 10.8 Å². The van der Waals surface area contributed by atoms with Crippen molar-refractivity contribution in [2.24, 2.45) is 0 Å². The van der Waals surface area contributed by atoms with E-state index in [0.717, 1.165) is 54.2 Å². The van der Waals surface area contributed by atoms with Gasteiger partial charge in [-0.25, -0.2) is 9.59 Å². The van der Waals surface area contributed by atoms with Gasteiger partial charge in [-0.05, 0) is 67.7 Å². The van der Waals surface area contributed by atoms with Crippen molar-refractivity contribution in [2.75, 3.05) is 0 Å². The van der Waals surface area contributed by atoms with E-state index in [0.29, 0.717) is 22.3 Å². The lowest BCUT2D eigenvalue weighted by Gasteiger charge is -2.12. The second kappa shape index (κ2) is 8.52. The van der Waals surface area contributed by atoms with E-state index in [1.807, 2.05) is 121 Å². The molecule has 0 radical (unpaired) electrons. The first-order valence-corrected chi connectivity index (χ1v) is 13.1. The fourth-order valence-electron chi connectivity index (χ4n) is 5.89. The highest BCUT2D eigenvalue weighted by Crippen LogP contribution is 2.37. The molecule has 0 amide bonds. The zero-order chi connectivity index (χ0) is 26.8. The monoisotopic (exact) mass is 516 g/mol. The average molecular weight is 517 g/mol. The molecule has 0 N–H and O–H groups in total. The molecular formula is C36H20O4. The van der Waals surface area contributed by atoms with Gasteiger partial charge in [0.05, 0.1) is 11.1 Å². The van der Waals surface area contributed by atoms with Gasteiger partial charge in [-0.15, -0.1) is 0 Å². The summed E-state index contributed by atoms with van der Waals surface area (Å²) in [6, 6.07) is 39.1. The summed E-state index contributed by atoms with van der Waals surface area (Å²) in [4.78, 5) is 26.5. The number of rotatable bonds is 2. The molecule has 0 fully saturated rings. The average Bonchev–Trinajstić information content (AvgIpc) is 3.00. The van der Waals surface area contributed by atoms with Crippen LogP contribution in [0.2, 0.25) is 0 Å². The van der Waals surface area contributed by atoms with Crippen molar-refractivity contribution in [3.8, 4) is 22.3 Å². The zero-order valence-corrected chi connectivity index (χ0v) is 21.2. The minimum atomic E-state index is -0.405. The van der Waals surface area contributed by atoms with Crippen LogP contribution in [0.25, 0.3) is 76.5 Å². The van der Waals surface area contributed by atoms with Gasteiger partial charge in [-0.3, -0.25) is 0 Å². The minimum absolute atomic E-state index is 0.405. The SMILES string of the molecule is O=c1oc2ccc3ccccc3c2cc1-c1ccc(-c2cc3c(ccc4ccccc43)oc2=O)c2ccccc12. The minimum Gasteiger partial charge on any atom is -0.422 e. The summed E-state index contributed by atoms with van der Waals surface area (Å²) in [7, 11) is 0. The highest BCUT2D eigenvalue weighted by molar-refractivity contribution is 6.11. The standard InChI is InChI=1S/C36H20O4/c37-35-31(19-29-23-9-3-1-7-21(23)13-17-33(29)39-35)27-15-16-28(26-12-6-5-11-25(26)27)32-20-30-24-10-4-2-8-22(24)14-18-34(30)40-36(32)38/h1-20H. The van der Waals surface area contributed by atoms with Crippen molar-refractivity contribution < 1.29 is 8.83 Å². The van der Waals surface area contributed by atoms with E-state index in [2.05, 4.69) is 0 Å². The van der Waals surface area contributed by atoms with Crippen LogP contribution in [-0.4, -0.2) is 0 Å². The summed E-state index contributed by atoms with van der Waals surface area (Å²) in [5, 5.41) is 7.65. The van der Waals surface area contributed by atoms with E-state index in [4.69, 9.17) is 8.83 Å². The molecule has 4 nitrogen and oxygen atoms in total. The predicted molar refractivity (Wildman–Crippen MR) is 162 cm³/mol. The molecule has 2 heterocycles. The van der Waals surface area contributed by atoms with Gasteiger partial charge in [-0.2, -0.15) is 0 Å². The first-order chi connectivity index (χ1) is 19.7. The highest BCUT2D eigenvalue weighted by atomic mass is 16.4. The summed E-state index contributed by atoms with van der Waals surface area (Å²) >= 11 is 0. The van der Waals surface area contributed by atoms with E-state index in [1.165, 1.54) is 0 Å². The second-order valence-electron chi connectivity index (χ2n) is 10.00. The molecule has 0 aliphatic rings. The molecule has 188 valence electrons. The maximum Gasteiger partial charge on any atom is 0.344 e. The van der Waals surface area contributed by atoms with Crippen LogP contribution < -0.4 is 11.3 Å². The number of hydrogen-bond acceptors (Lipinski definition) is 4. The highest BCUT2D eigenvalue weighted by Gasteiger charge is 2.17. The predicted octanol–water partition coefficient (Wildman–Crippen LogP) is 8.69. The Morgan fingerprint density at radius 1 is 0.350 bits per heavy atom. The maximum absolute atomic E-state index is 13.3. The van der Waals surface area contributed by atoms with Crippen molar-refractivity contribution >= 4 is 54.3 Å². The molecule has 0 saturated carbocycles. The van der Waals surface area contributed by atoms with Gasteiger partial charge >= 0.3 is 11.3 Å². The van der Waals surface area contributed by atoms with Crippen LogP contribution in [0.5, 0.6) is 0 Å². The van der Waals surface area contributed by atoms with E-state index < -0.39 is 11.3 Å². The fraction of sp³-hybridized carbons (Fsp3) is 0. The largest absolute Gasteiger partial charge is 0.422 e. The lowest BCUT2D eigenvalue weighted by Crippen LogP contribution is -2.05. The van der Waals surface area contributed by atoms with Crippen molar-refractivity contribution in [2.45, 2.75) is 0 Å². The van der Waals surface area contributed by atoms with E-state index in [1.54, 1.807) is 0 Å². The molecule has 0 unspecified atom stereocenters. The van der Waals surface area contributed by atoms with Crippen LogP contribution in [0.3, 0.4) is 0 Å². The Morgan fingerprint density at radius 2 is 0.750 bits per heavy atom. The Bertz CT molecular complexity index is 2260. The number of benzene rings is 6. The van der Waals surface area contributed by atoms with E-state index >= 15 is 0 Å². The van der Waals surface area contributed by atoms with E-state index in [9.17, 15) is 9.59 Å². The van der Waals surface area contributed by atoms with Crippen LogP contribution in [0.1, 0.15) is 0 Å². The molecule has 4 heteroatoms. The molecule has 6 aromatic carbocycles. The van der Waals surface area contributed by atoms with Gasteiger partial charge in [0.25, 0.3) is 0 Å². The van der Waals surface area contributed by atoms with E-state index in [-0.39, 0.29) is 0 Å². The summed E-state index contributed by atoms with van der Waals surface area (Å²) in [5.74, 6) is 0. The van der Waals surface area contributed by atoms with Crippen molar-refractivity contribution in [3.05, 3.63) is 142 Å². The number of fused-ring (bicyclic) bond motifs is 7. The topological polar surface area (TPSA) is 60.4 Å². The molecule has 0 spiro atoms. The second-order valence-corrected chi connectivity index (χ2v) is 10.00. The molecule has 2 aromatic heterocycles. The molecule has 40 heavy (non-hydrogen) atoms.